The quantitative estimate of drug-likeness (QED) is 0.846. The summed E-state index contributed by atoms with van der Waals surface area (Å²) in [6, 6.07) is 3.19. The monoisotopic (exact) mass is 257 g/mol. The van der Waals surface area contributed by atoms with Crippen LogP contribution in [0.1, 0.15) is 23.7 Å². The van der Waals surface area contributed by atoms with Gasteiger partial charge >= 0.3 is 0 Å². The number of carbonyl (C=O) groups excluding carboxylic acids is 1. The van der Waals surface area contributed by atoms with Crippen LogP contribution in [0.2, 0.25) is 10.2 Å². The van der Waals surface area contributed by atoms with E-state index in [1.807, 2.05) is 6.07 Å². The molecule has 0 spiro atoms. The van der Waals surface area contributed by atoms with Crippen LogP contribution in [-0.2, 0) is 0 Å². The highest BCUT2D eigenvalue weighted by atomic mass is 35.5. The fraction of sp³-hybridized carbons (Fsp3) is 0.300. The Morgan fingerprint density at radius 1 is 1.69 bits per heavy atom. The van der Waals surface area contributed by atoms with E-state index in [1.54, 1.807) is 6.92 Å². The first kappa shape index (κ1) is 12.8. The lowest BCUT2D eigenvalue weighted by Crippen LogP contribution is -2.32. The van der Waals surface area contributed by atoms with Gasteiger partial charge in [-0.1, -0.05) is 23.2 Å². The number of pyridine rings is 1. The lowest BCUT2D eigenvalue weighted by Gasteiger charge is -2.10. The summed E-state index contributed by atoms with van der Waals surface area (Å²) in [6.45, 7) is 1.74. The van der Waals surface area contributed by atoms with Gasteiger partial charge in [-0.25, -0.2) is 4.98 Å². The molecule has 16 heavy (non-hydrogen) atoms. The highest BCUT2D eigenvalue weighted by Crippen LogP contribution is 2.19. The number of amides is 1. The van der Waals surface area contributed by atoms with Crippen molar-refractivity contribution in [1.82, 2.24) is 10.3 Å². The van der Waals surface area contributed by atoms with Crippen molar-refractivity contribution in [2.24, 2.45) is 0 Å². The molecule has 0 aliphatic heterocycles. The zero-order valence-electron chi connectivity index (χ0n) is 8.50. The number of nitrogens with one attached hydrogen (secondary N) is 1. The fourth-order valence-electron chi connectivity index (χ4n) is 1.04. The molecule has 0 saturated heterocycles. The summed E-state index contributed by atoms with van der Waals surface area (Å²) in [5.74, 6) is -0.325. The molecule has 1 amide bonds. The minimum Gasteiger partial charge on any atom is -0.349 e. The molecule has 0 aliphatic carbocycles. The molecule has 1 N–H and O–H groups in total. The second-order valence-corrected chi connectivity index (χ2v) is 4.00. The number of carbonyl (C=O) groups is 1. The Hall–Kier alpha value is -1.31. The Balaban J connectivity index is 2.74. The van der Waals surface area contributed by atoms with Gasteiger partial charge in [-0.15, -0.1) is 0 Å². The summed E-state index contributed by atoms with van der Waals surface area (Å²) < 4.78 is 0. The first-order valence-electron chi connectivity index (χ1n) is 4.53. The van der Waals surface area contributed by atoms with Gasteiger partial charge in [0.15, 0.2) is 0 Å². The molecule has 0 fully saturated rings. The van der Waals surface area contributed by atoms with Crippen LogP contribution < -0.4 is 5.32 Å². The molecule has 1 unspecified atom stereocenters. The van der Waals surface area contributed by atoms with E-state index >= 15 is 0 Å². The van der Waals surface area contributed by atoms with Gasteiger partial charge in [0.1, 0.15) is 5.15 Å². The number of nitrogens with zero attached hydrogens (tertiary/aromatic N) is 2. The Kier molecular flexibility index (Phi) is 4.53. The number of halogens is 2. The molecule has 0 saturated carbocycles. The first-order chi connectivity index (χ1) is 7.54. The van der Waals surface area contributed by atoms with Crippen molar-refractivity contribution in [1.29, 1.82) is 5.26 Å². The number of nitriles is 1. The molecule has 1 heterocycles. The molecule has 0 aliphatic rings. The van der Waals surface area contributed by atoms with E-state index in [0.29, 0.717) is 5.56 Å². The van der Waals surface area contributed by atoms with Gasteiger partial charge in [-0.2, -0.15) is 5.26 Å². The van der Waals surface area contributed by atoms with Crippen LogP contribution in [0, 0.1) is 11.3 Å². The molecule has 1 atom stereocenters. The highest BCUT2D eigenvalue weighted by Gasteiger charge is 2.11. The van der Waals surface area contributed by atoms with E-state index in [-0.39, 0.29) is 28.5 Å². The normalized spacial score (nSPS) is 11.6. The van der Waals surface area contributed by atoms with Gasteiger partial charge in [0.25, 0.3) is 5.91 Å². The van der Waals surface area contributed by atoms with Gasteiger partial charge in [0, 0.05) is 12.2 Å². The van der Waals surface area contributed by atoms with E-state index in [9.17, 15) is 4.79 Å². The topological polar surface area (TPSA) is 65.8 Å². The summed E-state index contributed by atoms with van der Waals surface area (Å²) in [5.41, 5.74) is 0.319. The van der Waals surface area contributed by atoms with Gasteiger partial charge in [-0.05, 0) is 13.0 Å². The number of hydrogen-bond acceptors (Lipinski definition) is 3. The molecule has 1 aromatic rings. The van der Waals surface area contributed by atoms with Crippen LogP contribution in [0.5, 0.6) is 0 Å². The molecule has 1 rings (SSSR count). The summed E-state index contributed by atoms with van der Waals surface area (Å²) >= 11 is 11.4. The van der Waals surface area contributed by atoms with Crippen LogP contribution in [-0.4, -0.2) is 16.9 Å². The third kappa shape index (κ3) is 3.37. The molecule has 84 valence electrons. The van der Waals surface area contributed by atoms with Crippen LogP contribution in [0.25, 0.3) is 0 Å². The third-order valence-electron chi connectivity index (χ3n) is 1.83. The molecule has 0 bridgehead atoms. The van der Waals surface area contributed by atoms with Gasteiger partial charge in [0.2, 0.25) is 0 Å². The molecule has 6 heteroatoms. The number of hydrogen-bond donors (Lipinski definition) is 1. The van der Waals surface area contributed by atoms with E-state index in [2.05, 4.69) is 10.3 Å². The first-order valence-corrected chi connectivity index (χ1v) is 5.29. The standard InChI is InChI=1S/C10H9Cl2N3O/c1-6(2-3-13)15-10(16)7-4-8(11)9(12)14-5-7/h4-6H,2H2,1H3,(H,15,16). The smallest absolute Gasteiger partial charge is 0.253 e. The molecule has 0 aromatic carbocycles. The minimum atomic E-state index is -0.325. The summed E-state index contributed by atoms with van der Waals surface area (Å²) in [6.07, 6.45) is 1.59. The highest BCUT2D eigenvalue weighted by molar-refractivity contribution is 6.41. The fourth-order valence-corrected chi connectivity index (χ4v) is 1.31. The maximum atomic E-state index is 11.6. The Morgan fingerprint density at radius 3 is 2.94 bits per heavy atom. The lowest BCUT2D eigenvalue weighted by molar-refractivity contribution is 0.0940. The van der Waals surface area contributed by atoms with E-state index in [4.69, 9.17) is 28.5 Å². The van der Waals surface area contributed by atoms with E-state index < -0.39 is 0 Å². The largest absolute Gasteiger partial charge is 0.349 e. The Labute approximate surface area is 103 Å². The third-order valence-corrected chi connectivity index (χ3v) is 2.52. The van der Waals surface area contributed by atoms with E-state index in [0.717, 1.165) is 0 Å². The zero-order valence-corrected chi connectivity index (χ0v) is 10.0. The van der Waals surface area contributed by atoms with Crippen molar-refractivity contribution in [3.05, 3.63) is 28.0 Å². The van der Waals surface area contributed by atoms with E-state index in [1.165, 1.54) is 12.3 Å². The predicted molar refractivity (Wildman–Crippen MR) is 61.4 cm³/mol. The molecule has 0 radical (unpaired) electrons. The molecular weight excluding hydrogens is 249 g/mol. The molecular formula is C10H9Cl2N3O. The van der Waals surface area contributed by atoms with Crippen molar-refractivity contribution < 1.29 is 4.79 Å². The number of rotatable bonds is 3. The lowest BCUT2D eigenvalue weighted by atomic mass is 10.2. The summed E-state index contributed by atoms with van der Waals surface area (Å²) in [7, 11) is 0. The summed E-state index contributed by atoms with van der Waals surface area (Å²) in [5, 5.41) is 11.5. The SMILES string of the molecule is CC(CC#N)NC(=O)c1cnc(Cl)c(Cl)c1. The van der Waals surface area contributed by atoms with Crippen LogP contribution in [0.4, 0.5) is 0 Å². The zero-order chi connectivity index (χ0) is 12.1. The maximum absolute atomic E-state index is 11.6. The van der Waals surface area contributed by atoms with Crippen molar-refractivity contribution in [2.75, 3.05) is 0 Å². The van der Waals surface area contributed by atoms with Crippen LogP contribution in [0.3, 0.4) is 0 Å². The maximum Gasteiger partial charge on any atom is 0.253 e. The second kappa shape index (κ2) is 5.69. The average Bonchev–Trinajstić information content (AvgIpc) is 2.22. The van der Waals surface area contributed by atoms with Crippen LogP contribution >= 0.6 is 23.2 Å². The number of aromatic nitrogens is 1. The molecule has 1 aromatic heterocycles. The predicted octanol–water partition coefficient (Wildman–Crippen LogP) is 2.42. The Bertz CT molecular complexity index is 442. The van der Waals surface area contributed by atoms with Crippen molar-refractivity contribution >= 4 is 29.1 Å². The van der Waals surface area contributed by atoms with Crippen molar-refractivity contribution in [3.63, 3.8) is 0 Å². The van der Waals surface area contributed by atoms with Gasteiger partial charge < -0.3 is 5.32 Å². The minimum absolute atomic E-state index is 0.156. The van der Waals surface area contributed by atoms with Gasteiger partial charge in [0.05, 0.1) is 23.1 Å². The van der Waals surface area contributed by atoms with Crippen molar-refractivity contribution in [2.45, 2.75) is 19.4 Å². The van der Waals surface area contributed by atoms with Crippen LogP contribution in [0.15, 0.2) is 12.3 Å². The second-order valence-electron chi connectivity index (χ2n) is 3.23. The van der Waals surface area contributed by atoms with Gasteiger partial charge in [-0.3, -0.25) is 4.79 Å². The Morgan fingerprint density at radius 2 is 2.38 bits per heavy atom. The summed E-state index contributed by atoms with van der Waals surface area (Å²) in [4.78, 5) is 15.4. The average molecular weight is 258 g/mol. The van der Waals surface area contributed by atoms with Crippen molar-refractivity contribution in [3.8, 4) is 6.07 Å². The molecule has 4 nitrogen and oxygen atoms in total.